The largest absolute Gasteiger partial charge is 0.326 e. The molecule has 0 saturated carbocycles. The van der Waals surface area contributed by atoms with Gasteiger partial charge in [0.25, 0.3) is 0 Å². The molecule has 8 heteroatoms. The van der Waals surface area contributed by atoms with Crippen LogP contribution in [0, 0.1) is 0 Å². The van der Waals surface area contributed by atoms with E-state index in [4.69, 9.17) is 5.73 Å². The second-order valence-electron chi connectivity index (χ2n) is 6.61. The van der Waals surface area contributed by atoms with Crippen LogP contribution in [0.1, 0.15) is 11.1 Å². The van der Waals surface area contributed by atoms with Gasteiger partial charge in [-0.25, -0.2) is 4.52 Å². The van der Waals surface area contributed by atoms with E-state index in [0.717, 1.165) is 33.8 Å². The number of carbonyl (C=O) groups is 1. The van der Waals surface area contributed by atoms with Crippen LogP contribution in [-0.2, 0) is 17.8 Å². The van der Waals surface area contributed by atoms with Crippen LogP contribution < -0.4 is 16.4 Å². The van der Waals surface area contributed by atoms with E-state index in [2.05, 4.69) is 25.7 Å². The number of aromatic nitrogens is 4. The Labute approximate surface area is 160 Å². The van der Waals surface area contributed by atoms with Gasteiger partial charge in [-0.05, 0) is 35.4 Å². The summed E-state index contributed by atoms with van der Waals surface area (Å²) >= 11 is 0. The molecule has 0 unspecified atom stereocenters. The molecular weight excluding hydrogens is 354 g/mol. The van der Waals surface area contributed by atoms with Crippen LogP contribution in [0.2, 0.25) is 0 Å². The summed E-state index contributed by atoms with van der Waals surface area (Å²) in [6.07, 6.45) is 3.84. The van der Waals surface area contributed by atoms with Crippen LogP contribution in [-0.4, -0.2) is 25.5 Å². The highest BCUT2D eigenvalue weighted by Crippen LogP contribution is 2.28. The lowest BCUT2D eigenvalue weighted by Gasteiger charge is -2.04. The van der Waals surface area contributed by atoms with Crippen LogP contribution in [0.5, 0.6) is 0 Å². The average molecular weight is 371 g/mol. The third-order valence-electron chi connectivity index (χ3n) is 4.68. The molecule has 138 valence electrons. The molecule has 1 aliphatic heterocycles. The van der Waals surface area contributed by atoms with E-state index in [-0.39, 0.29) is 5.91 Å². The molecule has 0 spiro atoms. The zero-order valence-corrected chi connectivity index (χ0v) is 14.9. The van der Waals surface area contributed by atoms with Gasteiger partial charge < -0.3 is 16.4 Å². The van der Waals surface area contributed by atoms with Gasteiger partial charge in [0.2, 0.25) is 11.9 Å². The number of amides is 1. The molecule has 2 aromatic heterocycles. The van der Waals surface area contributed by atoms with Crippen molar-refractivity contribution in [2.75, 3.05) is 10.6 Å². The maximum Gasteiger partial charge on any atom is 0.247 e. The first-order chi connectivity index (χ1) is 13.7. The predicted molar refractivity (Wildman–Crippen MR) is 106 cm³/mol. The highest BCUT2D eigenvalue weighted by atomic mass is 16.1. The van der Waals surface area contributed by atoms with Gasteiger partial charge in [-0.1, -0.05) is 18.2 Å². The van der Waals surface area contributed by atoms with Gasteiger partial charge >= 0.3 is 0 Å². The Bertz CT molecular complexity index is 1210. The van der Waals surface area contributed by atoms with Gasteiger partial charge in [0.05, 0.1) is 6.42 Å². The summed E-state index contributed by atoms with van der Waals surface area (Å²) in [5.41, 5.74) is 11.7. The predicted octanol–water partition coefficient (Wildman–Crippen LogP) is 2.49. The lowest BCUT2D eigenvalue weighted by Crippen LogP contribution is -2.03. The van der Waals surface area contributed by atoms with Gasteiger partial charge in [-0.15, -0.1) is 5.10 Å². The minimum absolute atomic E-state index is 0.00781. The third kappa shape index (κ3) is 2.85. The number of anilines is 3. The minimum Gasteiger partial charge on any atom is -0.326 e. The van der Waals surface area contributed by atoms with Crippen LogP contribution >= 0.6 is 0 Å². The van der Waals surface area contributed by atoms with Crippen molar-refractivity contribution in [1.29, 1.82) is 0 Å². The van der Waals surface area contributed by atoms with E-state index in [9.17, 15) is 4.79 Å². The number of carbonyl (C=O) groups excluding carboxylic acids is 1. The van der Waals surface area contributed by atoms with Crippen LogP contribution in [0.15, 0.2) is 54.9 Å². The average Bonchev–Trinajstić information content (AvgIpc) is 3.29. The molecular formula is C20H17N7O. The third-order valence-corrected chi connectivity index (χ3v) is 4.68. The molecule has 0 atom stereocenters. The topological polar surface area (TPSA) is 110 Å². The SMILES string of the molecule is NCc1cccc(-c2nccn3nc(Nc4ccc5c(c4)CC(=O)N5)nc23)c1. The Morgan fingerprint density at radius 2 is 2.14 bits per heavy atom. The maximum atomic E-state index is 11.5. The van der Waals surface area contributed by atoms with Crippen molar-refractivity contribution in [2.45, 2.75) is 13.0 Å². The molecule has 28 heavy (non-hydrogen) atoms. The highest BCUT2D eigenvalue weighted by molar-refractivity contribution is 5.99. The zero-order chi connectivity index (χ0) is 19.1. The molecule has 8 nitrogen and oxygen atoms in total. The normalized spacial score (nSPS) is 12.8. The fourth-order valence-corrected chi connectivity index (χ4v) is 3.36. The van der Waals surface area contributed by atoms with E-state index in [1.807, 2.05) is 42.5 Å². The number of hydrogen-bond acceptors (Lipinski definition) is 6. The molecule has 5 rings (SSSR count). The summed E-state index contributed by atoms with van der Waals surface area (Å²) in [4.78, 5) is 20.6. The van der Waals surface area contributed by atoms with Crippen LogP contribution in [0.25, 0.3) is 16.9 Å². The summed E-state index contributed by atoms with van der Waals surface area (Å²) in [5, 5.41) is 10.5. The summed E-state index contributed by atoms with van der Waals surface area (Å²) < 4.78 is 1.69. The number of nitrogens with one attached hydrogen (secondary N) is 2. The summed E-state index contributed by atoms with van der Waals surface area (Å²) in [6, 6.07) is 13.6. The molecule has 0 radical (unpaired) electrons. The summed E-state index contributed by atoms with van der Waals surface area (Å²) in [5.74, 6) is 0.467. The van der Waals surface area contributed by atoms with E-state index in [0.29, 0.717) is 24.6 Å². The molecule has 0 bridgehead atoms. The Morgan fingerprint density at radius 1 is 1.21 bits per heavy atom. The Morgan fingerprint density at radius 3 is 3.04 bits per heavy atom. The molecule has 2 aromatic carbocycles. The van der Waals surface area contributed by atoms with Gasteiger partial charge in [-0.2, -0.15) is 4.98 Å². The standard InChI is InChI=1S/C20H17N7O/c21-11-12-2-1-3-13(8-12)18-19-25-20(26-27(19)7-6-22-18)23-15-4-5-16-14(9-15)10-17(28)24-16/h1-9H,10-11,21H2,(H,23,26)(H,24,28). The first-order valence-electron chi connectivity index (χ1n) is 8.90. The van der Waals surface area contributed by atoms with Crippen molar-refractivity contribution in [3.8, 4) is 11.3 Å². The Balaban J connectivity index is 1.50. The number of nitrogens with zero attached hydrogens (tertiary/aromatic N) is 4. The second-order valence-corrected chi connectivity index (χ2v) is 6.61. The molecule has 4 N–H and O–H groups in total. The van der Waals surface area contributed by atoms with E-state index >= 15 is 0 Å². The minimum atomic E-state index is 0.00781. The van der Waals surface area contributed by atoms with E-state index < -0.39 is 0 Å². The Hall–Kier alpha value is -3.78. The van der Waals surface area contributed by atoms with Crippen LogP contribution in [0.3, 0.4) is 0 Å². The molecule has 0 aliphatic carbocycles. The fourth-order valence-electron chi connectivity index (χ4n) is 3.36. The number of nitrogens with two attached hydrogens (primary N) is 1. The molecule has 4 aromatic rings. The van der Waals surface area contributed by atoms with Crippen molar-refractivity contribution in [3.63, 3.8) is 0 Å². The highest BCUT2D eigenvalue weighted by Gasteiger charge is 2.18. The van der Waals surface area contributed by atoms with Crippen molar-refractivity contribution >= 4 is 28.9 Å². The van der Waals surface area contributed by atoms with Crippen molar-refractivity contribution in [2.24, 2.45) is 5.73 Å². The molecule has 3 heterocycles. The van der Waals surface area contributed by atoms with E-state index in [1.165, 1.54) is 0 Å². The quantitative estimate of drug-likeness (QED) is 0.508. The molecule has 0 saturated heterocycles. The lowest BCUT2D eigenvalue weighted by atomic mass is 10.1. The summed E-state index contributed by atoms with van der Waals surface area (Å²) in [6.45, 7) is 0.464. The molecule has 1 aliphatic rings. The zero-order valence-electron chi connectivity index (χ0n) is 14.9. The smallest absolute Gasteiger partial charge is 0.247 e. The lowest BCUT2D eigenvalue weighted by molar-refractivity contribution is -0.115. The first kappa shape index (κ1) is 16.4. The fraction of sp³-hybridized carbons (Fsp3) is 0.100. The second kappa shape index (κ2) is 6.43. The number of rotatable bonds is 4. The number of hydrogen-bond donors (Lipinski definition) is 3. The van der Waals surface area contributed by atoms with E-state index in [1.54, 1.807) is 16.9 Å². The van der Waals surface area contributed by atoms with Gasteiger partial charge in [0.15, 0.2) is 5.65 Å². The van der Waals surface area contributed by atoms with Crippen molar-refractivity contribution in [3.05, 3.63) is 66.0 Å². The van der Waals surface area contributed by atoms with Gasteiger partial charge in [0, 0.05) is 35.9 Å². The van der Waals surface area contributed by atoms with Crippen molar-refractivity contribution < 1.29 is 4.79 Å². The van der Waals surface area contributed by atoms with Gasteiger partial charge in [-0.3, -0.25) is 9.78 Å². The maximum absolute atomic E-state index is 11.5. The summed E-state index contributed by atoms with van der Waals surface area (Å²) in [7, 11) is 0. The van der Waals surface area contributed by atoms with Gasteiger partial charge in [0.1, 0.15) is 5.69 Å². The molecule has 0 fully saturated rings. The first-order valence-corrected chi connectivity index (χ1v) is 8.90. The number of fused-ring (bicyclic) bond motifs is 2. The number of benzene rings is 2. The molecule has 1 amide bonds. The Kier molecular flexibility index (Phi) is 3.77. The van der Waals surface area contributed by atoms with Crippen molar-refractivity contribution in [1.82, 2.24) is 19.6 Å². The van der Waals surface area contributed by atoms with Crippen LogP contribution in [0.4, 0.5) is 17.3 Å². The monoisotopic (exact) mass is 371 g/mol.